The fraction of sp³-hybridized carbons (Fsp3) is 0.292. The van der Waals surface area contributed by atoms with Crippen LogP contribution in [0.25, 0.3) is 5.70 Å². The number of hydrogen-bond donors (Lipinski definition) is 2. The second-order valence-corrected chi connectivity index (χ2v) is 7.41. The van der Waals surface area contributed by atoms with Crippen LogP contribution in [0.1, 0.15) is 44.4 Å². The first-order chi connectivity index (χ1) is 16.2. The highest BCUT2D eigenvalue weighted by Crippen LogP contribution is 2.32. The molecule has 2 aromatic rings. The molecule has 2 rings (SSSR count). The molecule has 0 saturated carbocycles. The van der Waals surface area contributed by atoms with Crippen LogP contribution >= 0.6 is 0 Å². The van der Waals surface area contributed by atoms with Gasteiger partial charge in [-0.3, -0.25) is 9.98 Å². The van der Waals surface area contributed by atoms with Crippen molar-refractivity contribution in [3.8, 4) is 5.75 Å². The molecular formula is C24H29FN6O3. The van der Waals surface area contributed by atoms with Crippen molar-refractivity contribution in [2.75, 3.05) is 13.6 Å². The highest BCUT2D eigenvalue weighted by atomic mass is 19.1. The number of nitrogens with zero attached hydrogens (tertiary/aromatic N) is 4. The molecule has 1 aromatic heterocycles. The van der Waals surface area contributed by atoms with Gasteiger partial charge in [0.1, 0.15) is 18.1 Å². The van der Waals surface area contributed by atoms with Crippen LogP contribution in [0.4, 0.5) is 10.2 Å². The zero-order valence-electron chi connectivity index (χ0n) is 19.7. The quantitative estimate of drug-likeness (QED) is 0.301. The molecule has 0 spiro atoms. The molecule has 0 radical (unpaired) electrons. The molecule has 180 valence electrons. The molecule has 1 unspecified atom stereocenters. The van der Waals surface area contributed by atoms with Crippen LogP contribution < -0.4 is 16.2 Å². The van der Waals surface area contributed by atoms with E-state index < -0.39 is 22.7 Å². The Bertz CT molecular complexity index is 1150. The third kappa shape index (κ3) is 6.71. The van der Waals surface area contributed by atoms with Crippen LogP contribution in [0.2, 0.25) is 0 Å². The summed E-state index contributed by atoms with van der Waals surface area (Å²) in [4.78, 5) is 22.8. The number of nitrogens with two attached hydrogens (primary N) is 2. The zero-order valence-corrected chi connectivity index (χ0v) is 19.7. The summed E-state index contributed by atoms with van der Waals surface area (Å²) >= 11 is 0. The van der Waals surface area contributed by atoms with Crippen molar-refractivity contribution in [3.05, 3.63) is 80.4 Å². The van der Waals surface area contributed by atoms with E-state index in [9.17, 15) is 14.5 Å². The monoisotopic (exact) mass is 468 g/mol. The molecular weight excluding hydrogens is 439 g/mol. The standard InChI is InChI=1S/C24H29FN6O3/c1-5-29-14-17(15(2)26)11-18(13-28-4)23(27)20-9-8-19(25)12-21(20)16(3)34-22-7-6-10-30-24(22)31(32)33/h6-10,12-14,16H,5,11,26-27H2,1-4H3/b17-15-,23-18-,28-13?,29-14?. The second-order valence-electron chi connectivity index (χ2n) is 7.41. The predicted octanol–water partition coefficient (Wildman–Crippen LogP) is 4.35. The number of benzene rings is 1. The van der Waals surface area contributed by atoms with E-state index in [0.717, 1.165) is 5.57 Å². The number of aliphatic imine (C=N–C) groups is 2. The molecule has 1 heterocycles. The van der Waals surface area contributed by atoms with Crippen molar-refractivity contribution in [1.29, 1.82) is 0 Å². The Labute approximate surface area is 197 Å². The van der Waals surface area contributed by atoms with Crippen molar-refractivity contribution >= 4 is 23.9 Å². The molecule has 4 N–H and O–H groups in total. The number of halogens is 1. The Morgan fingerprint density at radius 3 is 2.65 bits per heavy atom. The van der Waals surface area contributed by atoms with E-state index in [2.05, 4.69) is 15.0 Å². The third-order valence-electron chi connectivity index (χ3n) is 4.92. The normalized spacial score (nSPS) is 14.1. The molecule has 0 bridgehead atoms. The Balaban J connectivity index is 2.56. The molecule has 0 fully saturated rings. The van der Waals surface area contributed by atoms with Gasteiger partial charge in [0.15, 0.2) is 0 Å². The van der Waals surface area contributed by atoms with E-state index >= 15 is 0 Å². The van der Waals surface area contributed by atoms with Gasteiger partial charge in [0.25, 0.3) is 0 Å². The predicted molar refractivity (Wildman–Crippen MR) is 132 cm³/mol. The van der Waals surface area contributed by atoms with E-state index in [0.29, 0.717) is 41.1 Å². The molecule has 10 heteroatoms. The van der Waals surface area contributed by atoms with Crippen LogP contribution in [0.15, 0.2) is 63.4 Å². The summed E-state index contributed by atoms with van der Waals surface area (Å²) < 4.78 is 20.0. The lowest BCUT2D eigenvalue weighted by molar-refractivity contribution is -0.390. The smallest absolute Gasteiger partial charge is 0.406 e. The summed E-state index contributed by atoms with van der Waals surface area (Å²) in [6.07, 6.45) is 4.19. The van der Waals surface area contributed by atoms with E-state index in [1.807, 2.05) is 6.92 Å². The molecule has 0 aliphatic heterocycles. The first-order valence-corrected chi connectivity index (χ1v) is 10.6. The zero-order chi connectivity index (χ0) is 25.3. The summed E-state index contributed by atoms with van der Waals surface area (Å²) in [6, 6.07) is 7.07. The van der Waals surface area contributed by atoms with Crippen LogP contribution in [0, 0.1) is 15.9 Å². The molecule has 1 atom stereocenters. The van der Waals surface area contributed by atoms with Gasteiger partial charge in [-0.2, -0.15) is 0 Å². The van der Waals surface area contributed by atoms with Crippen molar-refractivity contribution < 1.29 is 14.1 Å². The van der Waals surface area contributed by atoms with Gasteiger partial charge < -0.3 is 26.3 Å². The van der Waals surface area contributed by atoms with E-state index in [-0.39, 0.29) is 5.75 Å². The molecule has 0 amide bonds. The second kappa shape index (κ2) is 12.2. The molecule has 0 aliphatic rings. The van der Waals surface area contributed by atoms with E-state index in [1.165, 1.54) is 30.5 Å². The van der Waals surface area contributed by atoms with Gasteiger partial charge in [-0.25, -0.2) is 4.39 Å². The van der Waals surface area contributed by atoms with Gasteiger partial charge in [-0.05, 0) is 72.2 Å². The first kappa shape index (κ1) is 26.2. The summed E-state index contributed by atoms with van der Waals surface area (Å²) in [7, 11) is 1.62. The minimum atomic E-state index is -0.778. The topological polar surface area (TPSA) is 142 Å². The van der Waals surface area contributed by atoms with Crippen molar-refractivity contribution in [1.82, 2.24) is 4.98 Å². The average Bonchev–Trinajstić information content (AvgIpc) is 2.80. The van der Waals surface area contributed by atoms with Gasteiger partial charge in [0, 0.05) is 55.0 Å². The van der Waals surface area contributed by atoms with Gasteiger partial charge >= 0.3 is 5.82 Å². The molecule has 0 aliphatic carbocycles. The number of aromatic nitrogens is 1. The highest BCUT2D eigenvalue weighted by molar-refractivity contribution is 5.93. The number of hydrogen-bond acceptors (Lipinski definition) is 8. The van der Waals surface area contributed by atoms with Crippen molar-refractivity contribution in [3.63, 3.8) is 0 Å². The number of allylic oxidation sites excluding steroid dienone is 3. The molecule has 0 saturated heterocycles. The van der Waals surface area contributed by atoms with Gasteiger partial charge in [0.2, 0.25) is 5.75 Å². The van der Waals surface area contributed by atoms with Gasteiger partial charge in [0.05, 0.1) is 0 Å². The number of nitro groups is 1. The fourth-order valence-electron chi connectivity index (χ4n) is 3.21. The lowest BCUT2D eigenvalue weighted by Crippen LogP contribution is -2.13. The Kier molecular flexibility index (Phi) is 9.42. The summed E-state index contributed by atoms with van der Waals surface area (Å²) in [5.74, 6) is -0.965. The number of ether oxygens (including phenoxy) is 1. The van der Waals surface area contributed by atoms with E-state index in [4.69, 9.17) is 16.2 Å². The maximum absolute atomic E-state index is 14.2. The van der Waals surface area contributed by atoms with E-state index in [1.54, 1.807) is 39.4 Å². The minimum absolute atomic E-state index is 0.0344. The largest absolute Gasteiger partial charge is 0.478 e. The van der Waals surface area contributed by atoms with Crippen molar-refractivity contribution in [2.24, 2.45) is 21.5 Å². The highest BCUT2D eigenvalue weighted by Gasteiger charge is 2.22. The Hall–Kier alpha value is -4.08. The third-order valence-corrected chi connectivity index (χ3v) is 4.92. The number of rotatable bonds is 10. The van der Waals surface area contributed by atoms with Crippen molar-refractivity contribution in [2.45, 2.75) is 33.3 Å². The van der Waals surface area contributed by atoms with Crippen LogP contribution in [0.5, 0.6) is 5.75 Å². The maximum Gasteiger partial charge on any atom is 0.406 e. The summed E-state index contributed by atoms with van der Waals surface area (Å²) in [6.45, 7) is 5.94. The Morgan fingerprint density at radius 1 is 1.29 bits per heavy atom. The van der Waals surface area contributed by atoms with Crippen LogP contribution in [-0.4, -0.2) is 35.9 Å². The van der Waals surface area contributed by atoms with Crippen LogP contribution in [0.3, 0.4) is 0 Å². The molecule has 9 nitrogen and oxygen atoms in total. The summed E-state index contributed by atoms with van der Waals surface area (Å²) in [5, 5.41) is 11.3. The first-order valence-electron chi connectivity index (χ1n) is 10.6. The average molecular weight is 469 g/mol. The minimum Gasteiger partial charge on any atom is -0.478 e. The molecule has 34 heavy (non-hydrogen) atoms. The van der Waals surface area contributed by atoms with Gasteiger partial charge in [-0.1, -0.05) is 0 Å². The lowest BCUT2D eigenvalue weighted by atomic mass is 9.95. The fourth-order valence-corrected chi connectivity index (χ4v) is 3.21. The lowest BCUT2D eigenvalue weighted by Gasteiger charge is -2.20. The number of pyridine rings is 1. The summed E-state index contributed by atoms with van der Waals surface area (Å²) in [5.41, 5.74) is 15.9. The molecule has 1 aromatic carbocycles. The Morgan fingerprint density at radius 2 is 2.03 bits per heavy atom. The van der Waals surface area contributed by atoms with Gasteiger partial charge in [-0.15, -0.1) is 0 Å². The maximum atomic E-state index is 14.2. The van der Waals surface area contributed by atoms with Crippen LogP contribution in [-0.2, 0) is 0 Å². The SMILES string of the molecule is CCN=C/C(C/C(C=NC)=C(/N)c1ccc(F)cc1C(C)Oc1cccnc1[N+](=O)[O-])=C(/C)N.